The lowest BCUT2D eigenvalue weighted by molar-refractivity contribution is -0.157. The van der Waals surface area contributed by atoms with Crippen LogP contribution in [0.2, 0.25) is 0 Å². The molecule has 0 aromatic carbocycles. The second-order valence-electron chi connectivity index (χ2n) is 8.87. The molecule has 0 saturated heterocycles. The van der Waals surface area contributed by atoms with E-state index in [0.717, 1.165) is 12.3 Å². The van der Waals surface area contributed by atoms with Gasteiger partial charge in [0, 0.05) is 6.04 Å². The average molecular weight is 262 g/mol. The molecule has 4 aliphatic carbocycles. The minimum absolute atomic E-state index is 0.423. The molecule has 108 valence electrons. The first-order valence-corrected chi connectivity index (χ1v) is 7.89. The van der Waals surface area contributed by atoms with Crippen molar-refractivity contribution in [1.29, 1.82) is 0 Å². The molecule has 0 heterocycles. The van der Waals surface area contributed by atoms with Gasteiger partial charge in [-0.05, 0) is 74.0 Å². The molecule has 19 heavy (non-hydrogen) atoms. The molecular weight excluding hydrogens is 232 g/mol. The minimum atomic E-state index is 0.423. The molecule has 3 atom stereocenters. The third kappa shape index (κ3) is 2.17. The van der Waals surface area contributed by atoms with Crippen molar-refractivity contribution in [1.82, 2.24) is 5.43 Å². The molecule has 2 heteroatoms. The molecule has 4 rings (SSSR count). The normalized spacial score (nSPS) is 49.4. The minimum Gasteiger partial charge on any atom is -0.271 e. The van der Waals surface area contributed by atoms with Gasteiger partial charge in [0.2, 0.25) is 0 Å². The highest BCUT2D eigenvalue weighted by atomic mass is 15.2. The van der Waals surface area contributed by atoms with E-state index in [2.05, 4.69) is 32.8 Å². The van der Waals surface area contributed by atoms with Crippen molar-refractivity contribution in [3.8, 4) is 0 Å². The Morgan fingerprint density at radius 1 is 1.21 bits per heavy atom. The van der Waals surface area contributed by atoms with E-state index in [1.165, 1.54) is 44.1 Å². The molecule has 0 aliphatic heterocycles. The monoisotopic (exact) mass is 262 g/mol. The Morgan fingerprint density at radius 2 is 1.79 bits per heavy atom. The van der Waals surface area contributed by atoms with Crippen molar-refractivity contribution in [2.24, 2.45) is 28.0 Å². The predicted octanol–water partition coefficient (Wildman–Crippen LogP) is 3.78. The summed E-state index contributed by atoms with van der Waals surface area (Å²) in [6, 6.07) is 0.423. The molecule has 0 aromatic rings. The quantitative estimate of drug-likeness (QED) is 0.460. The summed E-state index contributed by atoms with van der Waals surface area (Å²) < 4.78 is 0. The Morgan fingerprint density at radius 3 is 2.21 bits per heavy atom. The molecule has 0 radical (unpaired) electrons. The van der Waals surface area contributed by atoms with Gasteiger partial charge in [-0.3, -0.25) is 11.3 Å². The number of nitrogens with two attached hydrogens (primary N) is 1. The highest BCUT2D eigenvalue weighted by Crippen LogP contribution is 2.70. The van der Waals surface area contributed by atoms with Crippen LogP contribution in [-0.2, 0) is 0 Å². The lowest BCUT2D eigenvalue weighted by atomic mass is 9.39. The van der Waals surface area contributed by atoms with Gasteiger partial charge in [0.1, 0.15) is 0 Å². The van der Waals surface area contributed by atoms with Crippen LogP contribution < -0.4 is 11.3 Å². The molecule has 4 bridgehead atoms. The second kappa shape index (κ2) is 4.08. The van der Waals surface area contributed by atoms with Gasteiger partial charge >= 0.3 is 0 Å². The fourth-order valence-electron chi connectivity index (χ4n) is 6.73. The topological polar surface area (TPSA) is 38.0 Å². The molecule has 4 saturated carbocycles. The summed E-state index contributed by atoms with van der Waals surface area (Å²) in [5.74, 6) is 6.87. The van der Waals surface area contributed by atoms with Crippen molar-refractivity contribution in [2.75, 3.05) is 0 Å². The molecular formula is C17H30N2. The Kier molecular flexibility index (Phi) is 2.93. The molecule has 0 spiro atoms. The van der Waals surface area contributed by atoms with E-state index in [-0.39, 0.29) is 0 Å². The summed E-state index contributed by atoms with van der Waals surface area (Å²) in [4.78, 5) is 0. The maximum atomic E-state index is 5.94. The van der Waals surface area contributed by atoms with E-state index >= 15 is 0 Å². The third-order valence-corrected chi connectivity index (χ3v) is 6.16. The van der Waals surface area contributed by atoms with E-state index in [9.17, 15) is 0 Å². The maximum Gasteiger partial charge on any atom is 0.0304 e. The molecule has 4 fully saturated rings. The summed E-state index contributed by atoms with van der Waals surface area (Å²) in [6.45, 7) is 11.3. The van der Waals surface area contributed by atoms with Gasteiger partial charge in [0.05, 0.1) is 0 Å². The zero-order valence-corrected chi connectivity index (χ0v) is 12.9. The molecule has 0 amide bonds. The molecule has 3 unspecified atom stereocenters. The third-order valence-electron chi connectivity index (χ3n) is 6.16. The zero-order chi connectivity index (χ0) is 13.9. The molecule has 4 aliphatic rings. The average Bonchev–Trinajstić information content (AvgIpc) is 2.20. The van der Waals surface area contributed by atoms with E-state index in [0.29, 0.717) is 22.3 Å². The Hall–Kier alpha value is -0.340. The van der Waals surface area contributed by atoms with Crippen LogP contribution in [-0.4, -0.2) is 6.04 Å². The lowest BCUT2D eigenvalue weighted by Gasteiger charge is -2.67. The summed E-state index contributed by atoms with van der Waals surface area (Å²) in [6.07, 6.45) is 9.50. The highest BCUT2D eigenvalue weighted by molar-refractivity contribution is 5.14. The summed E-state index contributed by atoms with van der Waals surface area (Å²) in [5.41, 5.74) is 5.99. The number of hydrogen-bond donors (Lipinski definition) is 2. The van der Waals surface area contributed by atoms with Crippen LogP contribution in [0.4, 0.5) is 0 Å². The Balaban J connectivity index is 1.93. The van der Waals surface area contributed by atoms with Crippen LogP contribution in [0.3, 0.4) is 0 Å². The number of hydrogen-bond acceptors (Lipinski definition) is 2. The second-order valence-corrected chi connectivity index (χ2v) is 8.87. The van der Waals surface area contributed by atoms with E-state index < -0.39 is 0 Å². The van der Waals surface area contributed by atoms with Crippen molar-refractivity contribution in [2.45, 2.75) is 71.8 Å². The molecule has 3 N–H and O–H groups in total. The largest absolute Gasteiger partial charge is 0.271 e. The first-order chi connectivity index (χ1) is 8.78. The van der Waals surface area contributed by atoms with Gasteiger partial charge in [-0.2, -0.15) is 0 Å². The van der Waals surface area contributed by atoms with Crippen LogP contribution in [0.1, 0.15) is 65.7 Å². The van der Waals surface area contributed by atoms with Gasteiger partial charge in [0.25, 0.3) is 0 Å². The number of nitrogens with one attached hydrogen (secondary N) is 1. The number of hydrazine groups is 1. The highest BCUT2D eigenvalue weighted by Gasteiger charge is 2.61. The zero-order valence-electron chi connectivity index (χ0n) is 12.9. The SMILES string of the molecule is C=C(C)CC(NN)C12CC3CC(C)(CC(C)(C3)C1)C2. The number of rotatable bonds is 4. The fourth-order valence-corrected chi connectivity index (χ4v) is 6.73. The van der Waals surface area contributed by atoms with Crippen molar-refractivity contribution >= 4 is 0 Å². The van der Waals surface area contributed by atoms with Crippen LogP contribution in [0.5, 0.6) is 0 Å². The predicted molar refractivity (Wildman–Crippen MR) is 80.4 cm³/mol. The van der Waals surface area contributed by atoms with E-state index in [1.54, 1.807) is 0 Å². The smallest absolute Gasteiger partial charge is 0.0304 e. The van der Waals surface area contributed by atoms with Crippen LogP contribution in [0, 0.1) is 22.2 Å². The summed E-state index contributed by atoms with van der Waals surface area (Å²) in [5, 5.41) is 0. The Bertz CT molecular complexity index is 382. The van der Waals surface area contributed by atoms with Crippen molar-refractivity contribution in [3.63, 3.8) is 0 Å². The van der Waals surface area contributed by atoms with E-state index in [1.807, 2.05) is 0 Å². The van der Waals surface area contributed by atoms with Gasteiger partial charge in [-0.25, -0.2) is 0 Å². The molecule has 0 aromatic heterocycles. The van der Waals surface area contributed by atoms with E-state index in [4.69, 9.17) is 5.84 Å². The fraction of sp³-hybridized carbons (Fsp3) is 0.882. The van der Waals surface area contributed by atoms with Gasteiger partial charge in [-0.1, -0.05) is 19.4 Å². The van der Waals surface area contributed by atoms with Crippen molar-refractivity contribution < 1.29 is 0 Å². The standard InChI is InChI=1S/C17H30N2/c1-12(2)5-14(19-18)17-8-13-6-15(3,10-17)9-16(4,7-13)11-17/h13-14,19H,1,5-11,18H2,2-4H3. The van der Waals surface area contributed by atoms with Gasteiger partial charge in [-0.15, -0.1) is 6.58 Å². The summed E-state index contributed by atoms with van der Waals surface area (Å²) >= 11 is 0. The van der Waals surface area contributed by atoms with Crippen molar-refractivity contribution in [3.05, 3.63) is 12.2 Å². The maximum absolute atomic E-state index is 5.94. The van der Waals surface area contributed by atoms with Gasteiger partial charge < -0.3 is 0 Å². The first kappa shape index (κ1) is 13.6. The summed E-state index contributed by atoms with van der Waals surface area (Å²) in [7, 11) is 0. The van der Waals surface area contributed by atoms with Gasteiger partial charge in [0.15, 0.2) is 0 Å². The van der Waals surface area contributed by atoms with Crippen LogP contribution in [0.25, 0.3) is 0 Å². The molecule has 2 nitrogen and oxygen atoms in total. The van der Waals surface area contributed by atoms with Crippen LogP contribution in [0.15, 0.2) is 12.2 Å². The first-order valence-electron chi connectivity index (χ1n) is 7.89. The Labute approximate surface area is 118 Å². The van der Waals surface area contributed by atoms with Crippen LogP contribution >= 0.6 is 0 Å². The lowest BCUT2D eigenvalue weighted by Crippen LogP contribution is -2.62.